The number of H-pyrrole nitrogens is 1. The summed E-state index contributed by atoms with van der Waals surface area (Å²) in [7, 11) is -2.41. The molecule has 0 amide bonds. The molecule has 0 atom stereocenters. The van der Waals surface area contributed by atoms with Crippen LogP contribution in [0.3, 0.4) is 0 Å². The normalized spacial score (nSPS) is 11.5. The zero-order chi connectivity index (χ0) is 13.9. The molecule has 1 heterocycles. The van der Waals surface area contributed by atoms with E-state index in [1.165, 1.54) is 19.2 Å². The molecule has 102 valence electrons. The highest BCUT2D eigenvalue weighted by Gasteiger charge is 2.20. The number of ether oxygens (including phenoxy) is 1. The standard InChI is InChI=1S/C9H10ClN5O3S/c1-18-7-3-2-6(10)4-8(7)19(16,17)11-5-9-12-14-15-13-9/h2-4,11H,5H2,1H3,(H,12,13,14,15). The fraction of sp³-hybridized carbons (Fsp3) is 0.222. The van der Waals surface area contributed by atoms with E-state index in [0.29, 0.717) is 5.02 Å². The number of nitrogens with zero attached hydrogens (tertiary/aromatic N) is 3. The Morgan fingerprint density at radius 2 is 2.26 bits per heavy atom. The molecule has 0 aliphatic rings. The van der Waals surface area contributed by atoms with E-state index in [1.807, 2.05) is 0 Å². The van der Waals surface area contributed by atoms with E-state index in [2.05, 4.69) is 25.3 Å². The maximum Gasteiger partial charge on any atom is 0.244 e. The second kappa shape index (κ2) is 5.51. The number of halogens is 1. The minimum atomic E-state index is -3.78. The largest absolute Gasteiger partial charge is 0.495 e. The van der Waals surface area contributed by atoms with Crippen molar-refractivity contribution in [3.63, 3.8) is 0 Å². The molecule has 1 aromatic carbocycles. The van der Waals surface area contributed by atoms with Gasteiger partial charge in [0.25, 0.3) is 0 Å². The molecule has 0 spiro atoms. The number of methoxy groups -OCH3 is 1. The summed E-state index contributed by atoms with van der Waals surface area (Å²) in [5, 5.41) is 13.1. The quantitative estimate of drug-likeness (QED) is 0.824. The molecule has 0 fully saturated rings. The van der Waals surface area contributed by atoms with Gasteiger partial charge in [0.1, 0.15) is 10.6 Å². The maximum atomic E-state index is 12.1. The van der Waals surface area contributed by atoms with Gasteiger partial charge in [-0.25, -0.2) is 13.1 Å². The van der Waals surface area contributed by atoms with E-state index in [1.54, 1.807) is 6.07 Å². The molecule has 8 nitrogen and oxygen atoms in total. The first-order chi connectivity index (χ1) is 9.03. The minimum Gasteiger partial charge on any atom is -0.495 e. The van der Waals surface area contributed by atoms with Gasteiger partial charge in [0.05, 0.1) is 13.7 Å². The first-order valence-electron chi connectivity index (χ1n) is 5.08. The molecule has 1 aromatic heterocycles. The molecule has 0 aliphatic heterocycles. The molecule has 2 rings (SSSR count). The van der Waals surface area contributed by atoms with E-state index in [0.717, 1.165) is 0 Å². The Morgan fingerprint density at radius 1 is 1.47 bits per heavy atom. The van der Waals surface area contributed by atoms with Crippen molar-refractivity contribution in [1.82, 2.24) is 25.3 Å². The summed E-state index contributed by atoms with van der Waals surface area (Å²) in [6.45, 7) is -0.0888. The zero-order valence-electron chi connectivity index (χ0n) is 9.79. The highest BCUT2D eigenvalue weighted by molar-refractivity contribution is 7.89. The van der Waals surface area contributed by atoms with Crippen molar-refractivity contribution in [3.05, 3.63) is 29.0 Å². The van der Waals surface area contributed by atoms with Crippen molar-refractivity contribution in [2.75, 3.05) is 7.11 Å². The van der Waals surface area contributed by atoms with Crippen molar-refractivity contribution in [2.24, 2.45) is 0 Å². The van der Waals surface area contributed by atoms with Crippen LogP contribution in [-0.2, 0) is 16.6 Å². The molecule has 0 radical (unpaired) electrons. The van der Waals surface area contributed by atoms with Crippen LogP contribution < -0.4 is 9.46 Å². The van der Waals surface area contributed by atoms with Crippen LogP contribution in [0.5, 0.6) is 5.75 Å². The van der Waals surface area contributed by atoms with Crippen LogP contribution in [0.4, 0.5) is 0 Å². The molecule has 0 saturated heterocycles. The third-order valence-electron chi connectivity index (χ3n) is 2.22. The number of tetrazole rings is 1. The van der Waals surface area contributed by atoms with Crippen LogP contribution in [0, 0.1) is 0 Å². The molecule has 10 heteroatoms. The Morgan fingerprint density at radius 3 is 2.89 bits per heavy atom. The van der Waals surface area contributed by atoms with Gasteiger partial charge in [0, 0.05) is 5.02 Å². The van der Waals surface area contributed by atoms with E-state index in [-0.39, 0.29) is 23.0 Å². The van der Waals surface area contributed by atoms with Gasteiger partial charge in [0.15, 0.2) is 5.82 Å². The molecule has 2 aromatic rings. The Bertz CT molecular complexity index is 658. The lowest BCUT2D eigenvalue weighted by Gasteiger charge is -2.09. The highest BCUT2D eigenvalue weighted by Crippen LogP contribution is 2.26. The van der Waals surface area contributed by atoms with E-state index >= 15 is 0 Å². The Hall–Kier alpha value is -1.71. The minimum absolute atomic E-state index is 0.0500. The van der Waals surface area contributed by atoms with Gasteiger partial charge in [0.2, 0.25) is 10.0 Å². The van der Waals surface area contributed by atoms with Crippen molar-refractivity contribution < 1.29 is 13.2 Å². The second-order valence-corrected chi connectivity index (χ2v) is 5.62. The second-order valence-electron chi connectivity index (χ2n) is 3.45. The smallest absolute Gasteiger partial charge is 0.244 e. The monoisotopic (exact) mass is 303 g/mol. The number of hydrogen-bond acceptors (Lipinski definition) is 6. The number of rotatable bonds is 5. The lowest BCUT2D eigenvalue weighted by molar-refractivity contribution is 0.402. The Balaban J connectivity index is 2.26. The number of nitrogens with one attached hydrogen (secondary N) is 2. The maximum absolute atomic E-state index is 12.1. The van der Waals surface area contributed by atoms with Gasteiger partial charge < -0.3 is 4.74 Å². The summed E-state index contributed by atoms with van der Waals surface area (Å²) in [5.74, 6) is 0.426. The number of sulfonamides is 1. The van der Waals surface area contributed by atoms with Crippen molar-refractivity contribution >= 4 is 21.6 Å². The summed E-state index contributed by atoms with van der Waals surface area (Å²) in [4.78, 5) is -0.0500. The highest BCUT2D eigenvalue weighted by atomic mass is 35.5. The molecule has 0 unspecified atom stereocenters. The predicted molar refractivity (Wildman–Crippen MR) is 66.2 cm³/mol. The summed E-state index contributed by atoms with van der Waals surface area (Å²) in [6, 6.07) is 4.32. The van der Waals surface area contributed by atoms with Crippen LogP contribution in [0.25, 0.3) is 0 Å². The fourth-order valence-electron chi connectivity index (χ4n) is 1.36. The fourth-order valence-corrected chi connectivity index (χ4v) is 2.77. The average molecular weight is 304 g/mol. The van der Waals surface area contributed by atoms with Crippen molar-refractivity contribution in [1.29, 1.82) is 0 Å². The average Bonchev–Trinajstić information content (AvgIpc) is 2.89. The third-order valence-corrected chi connectivity index (χ3v) is 3.88. The number of aromatic amines is 1. The van der Waals surface area contributed by atoms with Gasteiger partial charge in [-0.15, -0.1) is 10.2 Å². The van der Waals surface area contributed by atoms with Crippen LogP contribution >= 0.6 is 11.6 Å². The van der Waals surface area contributed by atoms with E-state index in [4.69, 9.17) is 16.3 Å². The van der Waals surface area contributed by atoms with Gasteiger partial charge >= 0.3 is 0 Å². The topological polar surface area (TPSA) is 110 Å². The summed E-state index contributed by atoms with van der Waals surface area (Å²) in [6.07, 6.45) is 0. The van der Waals surface area contributed by atoms with Crippen molar-refractivity contribution in [2.45, 2.75) is 11.4 Å². The van der Waals surface area contributed by atoms with Crippen LogP contribution in [-0.4, -0.2) is 36.2 Å². The SMILES string of the molecule is COc1ccc(Cl)cc1S(=O)(=O)NCc1nn[nH]n1. The summed E-state index contributed by atoms with van der Waals surface area (Å²) < 4.78 is 31.6. The van der Waals surface area contributed by atoms with E-state index in [9.17, 15) is 8.42 Å². The first kappa shape index (κ1) is 13.7. The molecule has 2 N–H and O–H groups in total. The summed E-state index contributed by atoms with van der Waals surface area (Å²) in [5.41, 5.74) is 0. The molecule has 0 aliphatic carbocycles. The first-order valence-corrected chi connectivity index (χ1v) is 6.94. The van der Waals surface area contributed by atoms with Gasteiger partial charge in [-0.1, -0.05) is 16.8 Å². The molecular formula is C9H10ClN5O3S. The van der Waals surface area contributed by atoms with Crippen molar-refractivity contribution in [3.8, 4) is 5.75 Å². The van der Waals surface area contributed by atoms with Gasteiger partial charge in [-0.3, -0.25) is 0 Å². The predicted octanol–water partition coefficient (Wildman–Crippen LogP) is 0.340. The third kappa shape index (κ3) is 3.19. The summed E-state index contributed by atoms with van der Waals surface area (Å²) >= 11 is 5.79. The number of hydrogen-bond donors (Lipinski definition) is 2. The van der Waals surface area contributed by atoms with Crippen LogP contribution in [0.2, 0.25) is 5.02 Å². The van der Waals surface area contributed by atoms with Gasteiger partial charge in [-0.2, -0.15) is 5.21 Å². The number of aromatic nitrogens is 4. The molecule has 19 heavy (non-hydrogen) atoms. The molecular weight excluding hydrogens is 294 g/mol. The van der Waals surface area contributed by atoms with Crippen LogP contribution in [0.1, 0.15) is 5.82 Å². The Kier molecular flexibility index (Phi) is 3.98. The lowest BCUT2D eigenvalue weighted by atomic mass is 10.3. The molecule has 0 saturated carbocycles. The molecule has 0 bridgehead atoms. The Labute approximate surface area is 114 Å². The van der Waals surface area contributed by atoms with Gasteiger partial charge in [-0.05, 0) is 18.2 Å². The number of benzene rings is 1. The van der Waals surface area contributed by atoms with E-state index < -0.39 is 10.0 Å². The lowest BCUT2D eigenvalue weighted by Crippen LogP contribution is -2.24. The van der Waals surface area contributed by atoms with Crippen LogP contribution in [0.15, 0.2) is 23.1 Å². The zero-order valence-corrected chi connectivity index (χ0v) is 11.4.